The number of hydrogen-bond acceptors (Lipinski definition) is 4. The number of amides is 1. The molecular weight excluding hydrogens is 280 g/mol. The van der Waals surface area contributed by atoms with Crippen LogP contribution in [0.5, 0.6) is 0 Å². The van der Waals surface area contributed by atoms with Crippen LogP contribution in [0.3, 0.4) is 0 Å². The standard InChI is InChI=1S/C16H22N4O2/c1-11-15(13(3)21)12(2)20(18-11)8-14(22)19-7-5-6-16(4,9-17)10-19/h5-8,10H2,1-4H3. The molecule has 1 aliphatic heterocycles. The smallest absolute Gasteiger partial charge is 0.244 e. The second kappa shape index (κ2) is 5.91. The van der Waals surface area contributed by atoms with Gasteiger partial charge in [-0.3, -0.25) is 14.3 Å². The molecule has 22 heavy (non-hydrogen) atoms. The Balaban J connectivity index is 2.15. The lowest BCUT2D eigenvalue weighted by atomic mass is 9.83. The highest BCUT2D eigenvalue weighted by atomic mass is 16.2. The number of nitrogens with zero attached hydrogens (tertiary/aromatic N) is 4. The predicted octanol–water partition coefficient (Wildman–Crippen LogP) is 1.85. The molecule has 1 aliphatic rings. The molecule has 1 amide bonds. The minimum atomic E-state index is -0.465. The molecular formula is C16H22N4O2. The van der Waals surface area contributed by atoms with Crippen molar-refractivity contribution in [2.24, 2.45) is 5.41 Å². The molecule has 0 bridgehead atoms. The number of rotatable bonds is 3. The molecule has 1 aromatic rings. The number of nitriles is 1. The van der Waals surface area contributed by atoms with Crippen LogP contribution >= 0.6 is 0 Å². The topological polar surface area (TPSA) is 79.0 Å². The molecule has 1 unspecified atom stereocenters. The summed E-state index contributed by atoms with van der Waals surface area (Å²) in [7, 11) is 0. The Labute approximate surface area is 130 Å². The Morgan fingerprint density at radius 1 is 1.41 bits per heavy atom. The normalized spacial score (nSPS) is 21.5. The molecule has 0 spiro atoms. The average molecular weight is 302 g/mol. The molecule has 0 N–H and O–H groups in total. The molecule has 6 heteroatoms. The quantitative estimate of drug-likeness (QED) is 0.798. The number of likely N-dealkylation sites (tertiary alicyclic amines) is 1. The zero-order valence-corrected chi connectivity index (χ0v) is 13.6. The minimum absolute atomic E-state index is 0.0382. The number of ketones is 1. The molecule has 1 saturated heterocycles. The number of hydrogen-bond donors (Lipinski definition) is 0. The Hall–Kier alpha value is -2.16. The van der Waals surface area contributed by atoms with Gasteiger partial charge in [0, 0.05) is 18.8 Å². The monoisotopic (exact) mass is 302 g/mol. The van der Waals surface area contributed by atoms with Crippen molar-refractivity contribution in [2.45, 2.75) is 47.1 Å². The first-order chi connectivity index (χ1) is 10.3. The summed E-state index contributed by atoms with van der Waals surface area (Å²) in [4.78, 5) is 25.8. The molecule has 2 heterocycles. The lowest BCUT2D eigenvalue weighted by molar-refractivity contribution is -0.134. The third kappa shape index (κ3) is 3.03. The van der Waals surface area contributed by atoms with Gasteiger partial charge in [0.2, 0.25) is 5.91 Å². The molecule has 0 aromatic carbocycles. The first kappa shape index (κ1) is 16.2. The third-order valence-electron chi connectivity index (χ3n) is 4.34. The summed E-state index contributed by atoms with van der Waals surface area (Å²) in [5.41, 5.74) is 1.50. The summed E-state index contributed by atoms with van der Waals surface area (Å²) >= 11 is 0. The first-order valence-corrected chi connectivity index (χ1v) is 7.51. The maximum absolute atomic E-state index is 12.5. The van der Waals surface area contributed by atoms with Crippen molar-refractivity contribution in [3.8, 4) is 6.07 Å². The van der Waals surface area contributed by atoms with E-state index in [2.05, 4.69) is 11.2 Å². The maximum Gasteiger partial charge on any atom is 0.244 e. The van der Waals surface area contributed by atoms with E-state index < -0.39 is 5.41 Å². The van der Waals surface area contributed by atoms with Gasteiger partial charge in [-0.2, -0.15) is 10.4 Å². The number of Topliss-reactive ketones (excluding diaryl/α,β-unsaturated/α-hetero) is 1. The summed E-state index contributed by atoms with van der Waals surface area (Å²) in [5.74, 6) is -0.0920. The van der Waals surface area contributed by atoms with E-state index in [4.69, 9.17) is 0 Å². The summed E-state index contributed by atoms with van der Waals surface area (Å²) in [6.45, 7) is 8.23. The van der Waals surface area contributed by atoms with Gasteiger partial charge >= 0.3 is 0 Å². The third-order valence-corrected chi connectivity index (χ3v) is 4.34. The van der Waals surface area contributed by atoms with Crippen LogP contribution in [0.15, 0.2) is 0 Å². The second-order valence-corrected chi connectivity index (χ2v) is 6.35. The van der Waals surface area contributed by atoms with Crippen LogP contribution in [0.4, 0.5) is 0 Å². The van der Waals surface area contributed by atoms with Crippen molar-refractivity contribution < 1.29 is 9.59 Å². The summed E-state index contributed by atoms with van der Waals surface area (Å²) < 4.78 is 1.59. The van der Waals surface area contributed by atoms with E-state index in [1.807, 2.05) is 6.92 Å². The van der Waals surface area contributed by atoms with Crippen LogP contribution in [0, 0.1) is 30.6 Å². The lowest BCUT2D eigenvalue weighted by Crippen LogP contribution is -2.45. The maximum atomic E-state index is 12.5. The van der Waals surface area contributed by atoms with Crippen molar-refractivity contribution in [3.63, 3.8) is 0 Å². The number of piperidine rings is 1. The molecule has 0 aliphatic carbocycles. The van der Waals surface area contributed by atoms with Gasteiger partial charge < -0.3 is 4.90 Å². The second-order valence-electron chi connectivity index (χ2n) is 6.35. The number of carbonyl (C=O) groups excluding carboxylic acids is 2. The van der Waals surface area contributed by atoms with Gasteiger partial charge in [0.05, 0.1) is 22.7 Å². The summed E-state index contributed by atoms with van der Waals surface area (Å²) in [6, 6.07) is 2.31. The highest BCUT2D eigenvalue weighted by Crippen LogP contribution is 2.28. The van der Waals surface area contributed by atoms with Gasteiger partial charge in [0.15, 0.2) is 5.78 Å². The lowest BCUT2D eigenvalue weighted by Gasteiger charge is -2.36. The van der Waals surface area contributed by atoms with Gasteiger partial charge in [-0.05, 0) is 40.5 Å². The molecule has 1 fully saturated rings. The van der Waals surface area contributed by atoms with Crippen molar-refractivity contribution in [1.29, 1.82) is 5.26 Å². The average Bonchev–Trinajstić information content (AvgIpc) is 2.73. The predicted molar refractivity (Wildman–Crippen MR) is 81.2 cm³/mol. The van der Waals surface area contributed by atoms with Crippen LogP contribution in [0.2, 0.25) is 0 Å². The summed E-state index contributed by atoms with van der Waals surface area (Å²) in [5, 5.41) is 13.5. The van der Waals surface area contributed by atoms with Crippen LogP contribution < -0.4 is 0 Å². The van der Waals surface area contributed by atoms with Gasteiger partial charge in [-0.15, -0.1) is 0 Å². The zero-order valence-electron chi connectivity index (χ0n) is 13.6. The molecule has 0 radical (unpaired) electrons. The van der Waals surface area contributed by atoms with E-state index in [0.29, 0.717) is 24.3 Å². The van der Waals surface area contributed by atoms with E-state index in [0.717, 1.165) is 18.5 Å². The van der Waals surface area contributed by atoms with E-state index >= 15 is 0 Å². The van der Waals surface area contributed by atoms with Crippen molar-refractivity contribution >= 4 is 11.7 Å². The molecule has 118 valence electrons. The Kier molecular flexibility index (Phi) is 4.36. The van der Waals surface area contributed by atoms with E-state index in [9.17, 15) is 14.9 Å². The molecule has 2 rings (SSSR count). The fourth-order valence-electron chi connectivity index (χ4n) is 3.13. The SMILES string of the molecule is CC(=O)c1c(C)nn(CC(=O)N2CCCC(C)(C#N)C2)c1C. The highest BCUT2D eigenvalue weighted by Gasteiger charge is 2.33. The van der Waals surface area contributed by atoms with Crippen molar-refractivity contribution in [2.75, 3.05) is 13.1 Å². The Bertz CT molecular complexity index is 656. The van der Waals surface area contributed by atoms with E-state index in [-0.39, 0.29) is 18.2 Å². The fraction of sp³-hybridized carbons (Fsp3) is 0.625. The fourth-order valence-corrected chi connectivity index (χ4v) is 3.13. The number of carbonyl (C=O) groups is 2. The van der Waals surface area contributed by atoms with Gasteiger partial charge in [0.1, 0.15) is 6.54 Å². The van der Waals surface area contributed by atoms with Crippen molar-refractivity contribution in [3.05, 3.63) is 17.0 Å². The Morgan fingerprint density at radius 2 is 2.09 bits per heavy atom. The minimum Gasteiger partial charge on any atom is -0.340 e. The molecule has 1 atom stereocenters. The first-order valence-electron chi connectivity index (χ1n) is 7.51. The van der Waals surface area contributed by atoms with Crippen LogP contribution in [-0.4, -0.2) is 39.5 Å². The Morgan fingerprint density at radius 3 is 2.64 bits per heavy atom. The largest absolute Gasteiger partial charge is 0.340 e. The van der Waals surface area contributed by atoms with Crippen molar-refractivity contribution in [1.82, 2.24) is 14.7 Å². The molecule has 1 aromatic heterocycles. The van der Waals surface area contributed by atoms with Crippen LogP contribution in [0.1, 0.15) is 48.4 Å². The van der Waals surface area contributed by atoms with E-state index in [1.54, 1.807) is 23.4 Å². The van der Waals surface area contributed by atoms with Crippen LogP contribution in [0.25, 0.3) is 0 Å². The summed E-state index contributed by atoms with van der Waals surface area (Å²) in [6.07, 6.45) is 1.66. The van der Waals surface area contributed by atoms with Gasteiger partial charge in [0.25, 0.3) is 0 Å². The van der Waals surface area contributed by atoms with Gasteiger partial charge in [-0.25, -0.2) is 0 Å². The zero-order chi connectivity index (χ0) is 16.5. The number of aromatic nitrogens is 2. The molecule has 0 saturated carbocycles. The van der Waals surface area contributed by atoms with Crippen LogP contribution in [-0.2, 0) is 11.3 Å². The molecule has 6 nitrogen and oxygen atoms in total. The number of aryl methyl sites for hydroxylation is 1. The highest BCUT2D eigenvalue weighted by molar-refractivity contribution is 5.96. The van der Waals surface area contributed by atoms with Gasteiger partial charge in [-0.1, -0.05) is 0 Å². The van der Waals surface area contributed by atoms with E-state index in [1.165, 1.54) is 6.92 Å².